The molecule has 1 aromatic carbocycles. The number of aryl methyl sites for hydroxylation is 2. The molecule has 0 saturated carbocycles. The molecule has 0 amide bonds. The van der Waals surface area contributed by atoms with Crippen LogP contribution < -0.4 is 10.2 Å². The summed E-state index contributed by atoms with van der Waals surface area (Å²) in [7, 11) is 0. The van der Waals surface area contributed by atoms with Crippen molar-refractivity contribution in [2.24, 2.45) is 5.92 Å². The minimum absolute atomic E-state index is 0.0591. The SMILES string of the molecule is Cc1cc(C)cc(Nc2ncnc(N3CCC(C)CC3)c2[N+](=O)[O-])c1. The van der Waals surface area contributed by atoms with Gasteiger partial charge in [-0.3, -0.25) is 10.1 Å². The Labute approximate surface area is 147 Å². The highest BCUT2D eigenvalue weighted by molar-refractivity contribution is 5.74. The Balaban J connectivity index is 1.96. The normalized spacial score (nSPS) is 15.2. The van der Waals surface area contributed by atoms with Gasteiger partial charge in [0.15, 0.2) is 0 Å². The molecule has 1 N–H and O–H groups in total. The van der Waals surface area contributed by atoms with Gasteiger partial charge in [0, 0.05) is 18.8 Å². The van der Waals surface area contributed by atoms with Crippen LogP contribution in [0.4, 0.5) is 23.0 Å². The van der Waals surface area contributed by atoms with Crippen molar-refractivity contribution < 1.29 is 4.92 Å². The van der Waals surface area contributed by atoms with E-state index in [4.69, 9.17) is 0 Å². The lowest BCUT2D eigenvalue weighted by atomic mass is 9.99. The van der Waals surface area contributed by atoms with Crippen LogP contribution in [-0.4, -0.2) is 28.0 Å². The average molecular weight is 341 g/mol. The first-order chi connectivity index (χ1) is 11.9. The van der Waals surface area contributed by atoms with Crippen LogP contribution in [-0.2, 0) is 0 Å². The quantitative estimate of drug-likeness (QED) is 0.669. The van der Waals surface area contributed by atoms with Crippen molar-refractivity contribution in [2.45, 2.75) is 33.6 Å². The van der Waals surface area contributed by atoms with Crippen LogP contribution in [0.2, 0.25) is 0 Å². The summed E-state index contributed by atoms with van der Waals surface area (Å²) in [6.45, 7) is 7.75. The highest BCUT2D eigenvalue weighted by Crippen LogP contribution is 2.35. The van der Waals surface area contributed by atoms with Gasteiger partial charge in [-0.1, -0.05) is 13.0 Å². The van der Waals surface area contributed by atoms with Gasteiger partial charge in [0.05, 0.1) is 4.92 Å². The number of nitrogens with one attached hydrogen (secondary N) is 1. The van der Waals surface area contributed by atoms with Crippen molar-refractivity contribution >= 4 is 23.0 Å². The Morgan fingerprint density at radius 1 is 1.16 bits per heavy atom. The number of anilines is 3. The molecule has 7 heteroatoms. The highest BCUT2D eigenvalue weighted by atomic mass is 16.6. The van der Waals surface area contributed by atoms with Gasteiger partial charge in [0.1, 0.15) is 6.33 Å². The molecule has 2 heterocycles. The Kier molecular flexibility index (Phi) is 4.83. The van der Waals surface area contributed by atoms with Crippen LogP contribution >= 0.6 is 0 Å². The molecule has 1 aromatic heterocycles. The number of hydrogen-bond acceptors (Lipinski definition) is 6. The molecule has 1 fully saturated rings. The van der Waals surface area contributed by atoms with Crippen LogP contribution in [0.25, 0.3) is 0 Å². The molecule has 0 atom stereocenters. The molecule has 1 aliphatic heterocycles. The number of nitro groups is 1. The zero-order valence-corrected chi connectivity index (χ0v) is 14.8. The van der Waals surface area contributed by atoms with Crippen molar-refractivity contribution in [2.75, 3.05) is 23.3 Å². The van der Waals surface area contributed by atoms with Crippen LogP contribution in [0.15, 0.2) is 24.5 Å². The molecular formula is C18H23N5O2. The van der Waals surface area contributed by atoms with E-state index in [9.17, 15) is 10.1 Å². The molecule has 1 aliphatic rings. The van der Waals surface area contributed by atoms with Gasteiger partial charge in [-0.15, -0.1) is 0 Å². The number of nitrogens with zero attached hydrogens (tertiary/aromatic N) is 4. The lowest BCUT2D eigenvalue weighted by molar-refractivity contribution is -0.383. The third-order valence-corrected chi connectivity index (χ3v) is 4.55. The van der Waals surface area contributed by atoms with Gasteiger partial charge in [-0.05, 0) is 55.9 Å². The predicted octanol–water partition coefficient (Wildman–Crippen LogP) is 3.98. The first-order valence-corrected chi connectivity index (χ1v) is 8.53. The average Bonchev–Trinajstić information content (AvgIpc) is 2.54. The maximum Gasteiger partial charge on any atom is 0.353 e. The van der Waals surface area contributed by atoms with Crippen LogP contribution in [0, 0.1) is 29.9 Å². The van der Waals surface area contributed by atoms with E-state index in [1.807, 2.05) is 30.9 Å². The van der Waals surface area contributed by atoms with Crippen molar-refractivity contribution in [3.05, 3.63) is 45.8 Å². The molecule has 0 radical (unpaired) electrons. The van der Waals surface area contributed by atoms with E-state index in [1.165, 1.54) is 6.33 Å². The minimum Gasteiger partial charge on any atom is -0.351 e. The molecule has 0 spiro atoms. The Morgan fingerprint density at radius 2 is 1.80 bits per heavy atom. The van der Waals surface area contributed by atoms with E-state index in [0.717, 1.165) is 42.7 Å². The Morgan fingerprint density at radius 3 is 2.40 bits per heavy atom. The van der Waals surface area contributed by atoms with Crippen molar-refractivity contribution in [1.82, 2.24) is 9.97 Å². The molecule has 25 heavy (non-hydrogen) atoms. The Bertz CT molecular complexity index is 765. The smallest absolute Gasteiger partial charge is 0.351 e. The third kappa shape index (κ3) is 3.87. The second kappa shape index (κ2) is 7.04. The summed E-state index contributed by atoms with van der Waals surface area (Å²) in [5.41, 5.74) is 2.91. The van der Waals surface area contributed by atoms with E-state index in [2.05, 4.69) is 28.3 Å². The molecular weight excluding hydrogens is 318 g/mol. The standard InChI is InChI=1S/C18H23N5O2/c1-12-4-6-22(7-5-12)18-16(23(24)25)17(19-11-20-18)21-15-9-13(2)8-14(3)10-15/h8-12H,4-7H2,1-3H3,(H,19,20,21). The van der Waals surface area contributed by atoms with E-state index >= 15 is 0 Å². The molecule has 1 saturated heterocycles. The highest BCUT2D eigenvalue weighted by Gasteiger charge is 2.29. The fourth-order valence-electron chi connectivity index (χ4n) is 3.26. The number of piperidine rings is 1. The summed E-state index contributed by atoms with van der Waals surface area (Å²) >= 11 is 0. The third-order valence-electron chi connectivity index (χ3n) is 4.55. The van der Waals surface area contributed by atoms with Crippen molar-refractivity contribution in [1.29, 1.82) is 0 Å². The first-order valence-electron chi connectivity index (χ1n) is 8.53. The second-order valence-corrected chi connectivity index (χ2v) is 6.82. The van der Waals surface area contributed by atoms with Gasteiger partial charge >= 0.3 is 5.69 Å². The van der Waals surface area contributed by atoms with E-state index in [1.54, 1.807) is 0 Å². The number of rotatable bonds is 4. The summed E-state index contributed by atoms with van der Waals surface area (Å²) in [5, 5.41) is 14.8. The lowest BCUT2D eigenvalue weighted by Crippen LogP contribution is -2.34. The van der Waals surface area contributed by atoms with Gasteiger partial charge in [-0.2, -0.15) is 0 Å². The number of benzene rings is 1. The summed E-state index contributed by atoms with van der Waals surface area (Å²) in [6, 6.07) is 5.95. The Hall–Kier alpha value is -2.70. The van der Waals surface area contributed by atoms with Gasteiger partial charge < -0.3 is 10.2 Å². The predicted molar refractivity (Wildman–Crippen MR) is 98.5 cm³/mol. The molecule has 7 nitrogen and oxygen atoms in total. The summed E-state index contributed by atoms with van der Waals surface area (Å²) in [5.74, 6) is 1.28. The monoisotopic (exact) mass is 341 g/mol. The molecule has 0 aliphatic carbocycles. The van der Waals surface area contributed by atoms with Crippen LogP contribution in [0.3, 0.4) is 0 Å². The minimum atomic E-state index is -0.391. The largest absolute Gasteiger partial charge is 0.353 e. The van der Waals surface area contributed by atoms with Crippen molar-refractivity contribution in [3.63, 3.8) is 0 Å². The summed E-state index contributed by atoms with van der Waals surface area (Å²) in [6.07, 6.45) is 3.42. The zero-order valence-electron chi connectivity index (χ0n) is 14.8. The summed E-state index contributed by atoms with van der Waals surface area (Å²) < 4.78 is 0. The second-order valence-electron chi connectivity index (χ2n) is 6.82. The fraction of sp³-hybridized carbons (Fsp3) is 0.444. The topological polar surface area (TPSA) is 84.2 Å². The first kappa shape index (κ1) is 17.1. The maximum atomic E-state index is 11.7. The molecule has 0 unspecified atom stereocenters. The number of aromatic nitrogens is 2. The van der Waals surface area contributed by atoms with Crippen LogP contribution in [0.5, 0.6) is 0 Å². The van der Waals surface area contributed by atoms with Crippen molar-refractivity contribution in [3.8, 4) is 0 Å². The van der Waals surface area contributed by atoms with Gasteiger partial charge in [0.2, 0.25) is 11.6 Å². The van der Waals surface area contributed by atoms with E-state index in [0.29, 0.717) is 11.7 Å². The fourth-order valence-corrected chi connectivity index (χ4v) is 3.26. The molecule has 0 bridgehead atoms. The van der Waals surface area contributed by atoms with Crippen LogP contribution in [0.1, 0.15) is 30.9 Å². The van der Waals surface area contributed by atoms with E-state index in [-0.39, 0.29) is 11.5 Å². The molecule has 2 aromatic rings. The zero-order chi connectivity index (χ0) is 18.0. The number of hydrogen-bond donors (Lipinski definition) is 1. The maximum absolute atomic E-state index is 11.7. The van der Waals surface area contributed by atoms with E-state index < -0.39 is 4.92 Å². The van der Waals surface area contributed by atoms with Gasteiger partial charge in [-0.25, -0.2) is 9.97 Å². The van der Waals surface area contributed by atoms with Gasteiger partial charge in [0.25, 0.3) is 0 Å². The molecule has 132 valence electrons. The lowest BCUT2D eigenvalue weighted by Gasteiger charge is -2.30. The summed E-state index contributed by atoms with van der Waals surface area (Å²) in [4.78, 5) is 21.7. The molecule has 3 rings (SSSR count).